The quantitative estimate of drug-likeness (QED) is 0.875. The van der Waals surface area contributed by atoms with Gasteiger partial charge in [0.1, 0.15) is 11.6 Å². The lowest BCUT2D eigenvalue weighted by molar-refractivity contribution is -0.121. The fourth-order valence-corrected chi connectivity index (χ4v) is 3.17. The van der Waals surface area contributed by atoms with Gasteiger partial charge in [-0.05, 0) is 36.4 Å². The Labute approximate surface area is 147 Å². The highest BCUT2D eigenvalue weighted by molar-refractivity contribution is 5.75. The molecule has 1 aromatic carbocycles. The van der Waals surface area contributed by atoms with Crippen LogP contribution in [0, 0.1) is 5.82 Å². The zero-order chi connectivity index (χ0) is 17.6. The Morgan fingerprint density at radius 2 is 1.92 bits per heavy atom. The second-order valence-electron chi connectivity index (χ2n) is 6.19. The van der Waals surface area contributed by atoms with E-state index in [1.54, 1.807) is 6.26 Å². The summed E-state index contributed by atoms with van der Waals surface area (Å²) in [6.07, 6.45) is 2.14. The van der Waals surface area contributed by atoms with Crippen LogP contribution in [-0.2, 0) is 4.79 Å². The number of nitrogens with zero attached hydrogens (tertiary/aromatic N) is 2. The van der Waals surface area contributed by atoms with Crippen molar-refractivity contribution < 1.29 is 13.6 Å². The molecule has 6 heteroatoms. The molecule has 1 aliphatic rings. The van der Waals surface area contributed by atoms with Crippen LogP contribution in [0.4, 0.5) is 10.1 Å². The number of piperazine rings is 1. The van der Waals surface area contributed by atoms with Gasteiger partial charge in [0.25, 0.3) is 0 Å². The van der Waals surface area contributed by atoms with Crippen molar-refractivity contribution in [2.24, 2.45) is 0 Å². The fourth-order valence-electron chi connectivity index (χ4n) is 3.17. The maximum absolute atomic E-state index is 13.1. The van der Waals surface area contributed by atoms with Crippen molar-refractivity contribution in [3.05, 3.63) is 54.2 Å². The van der Waals surface area contributed by atoms with Crippen molar-refractivity contribution in [2.75, 3.05) is 37.6 Å². The molecular weight excluding hydrogens is 321 g/mol. The molecule has 0 radical (unpaired) electrons. The predicted octanol–water partition coefficient (Wildman–Crippen LogP) is 2.81. The first kappa shape index (κ1) is 17.5. The van der Waals surface area contributed by atoms with Gasteiger partial charge >= 0.3 is 0 Å². The van der Waals surface area contributed by atoms with Crippen LogP contribution in [0.3, 0.4) is 0 Å². The van der Waals surface area contributed by atoms with Crippen molar-refractivity contribution in [1.82, 2.24) is 10.2 Å². The van der Waals surface area contributed by atoms with Gasteiger partial charge in [0.2, 0.25) is 5.91 Å². The van der Waals surface area contributed by atoms with Crippen molar-refractivity contribution in [3.63, 3.8) is 0 Å². The van der Waals surface area contributed by atoms with Gasteiger partial charge in [-0.1, -0.05) is 6.92 Å². The molecule has 1 N–H and O–H groups in total. The number of nitrogens with one attached hydrogen (secondary N) is 1. The molecule has 1 fully saturated rings. The number of halogens is 1. The van der Waals surface area contributed by atoms with Gasteiger partial charge < -0.3 is 14.6 Å². The number of hydrogen-bond donors (Lipinski definition) is 1. The molecule has 134 valence electrons. The largest absolute Gasteiger partial charge is 0.468 e. The molecule has 5 nitrogen and oxygen atoms in total. The average molecular weight is 345 g/mol. The molecule has 1 aromatic heterocycles. The van der Waals surface area contributed by atoms with Gasteiger partial charge in [0.05, 0.1) is 12.3 Å². The number of amides is 1. The third kappa shape index (κ3) is 4.39. The van der Waals surface area contributed by atoms with Crippen LogP contribution in [0.1, 0.15) is 25.1 Å². The van der Waals surface area contributed by atoms with Crippen LogP contribution < -0.4 is 10.2 Å². The summed E-state index contributed by atoms with van der Waals surface area (Å²) in [6.45, 7) is 5.79. The number of carbonyl (C=O) groups excluding carboxylic acids is 1. The molecule has 1 saturated heterocycles. The lowest BCUT2D eigenvalue weighted by Gasteiger charge is -2.39. The molecule has 3 rings (SSSR count). The molecule has 0 aliphatic carbocycles. The number of carbonyl (C=O) groups is 1. The van der Waals surface area contributed by atoms with Crippen LogP contribution in [0.2, 0.25) is 0 Å². The first-order valence-electron chi connectivity index (χ1n) is 8.72. The number of furan rings is 1. The van der Waals surface area contributed by atoms with Crippen LogP contribution in [0.15, 0.2) is 47.1 Å². The molecule has 0 bridgehead atoms. The van der Waals surface area contributed by atoms with E-state index in [1.807, 2.05) is 31.2 Å². The highest BCUT2D eigenvalue weighted by atomic mass is 19.1. The summed E-state index contributed by atoms with van der Waals surface area (Å²) in [5.74, 6) is 0.695. The Bertz CT molecular complexity index is 664. The second kappa shape index (κ2) is 8.16. The van der Waals surface area contributed by atoms with E-state index < -0.39 is 0 Å². The Hall–Kier alpha value is -2.34. The van der Waals surface area contributed by atoms with E-state index in [9.17, 15) is 9.18 Å². The lowest BCUT2D eigenvalue weighted by atomic mass is 10.1. The average Bonchev–Trinajstić information content (AvgIpc) is 3.17. The summed E-state index contributed by atoms with van der Waals surface area (Å²) in [7, 11) is 0. The molecule has 1 aliphatic heterocycles. The molecule has 1 unspecified atom stereocenters. The molecule has 0 saturated carbocycles. The number of benzene rings is 1. The van der Waals surface area contributed by atoms with E-state index in [2.05, 4.69) is 15.1 Å². The van der Waals surface area contributed by atoms with Gasteiger partial charge in [-0.2, -0.15) is 0 Å². The molecular formula is C19H24FN3O2. The Balaban J connectivity index is 1.63. The van der Waals surface area contributed by atoms with Gasteiger partial charge in [0.15, 0.2) is 0 Å². The van der Waals surface area contributed by atoms with Crippen molar-refractivity contribution >= 4 is 11.6 Å². The second-order valence-corrected chi connectivity index (χ2v) is 6.19. The number of hydrogen-bond acceptors (Lipinski definition) is 4. The molecule has 2 aromatic rings. The first-order chi connectivity index (χ1) is 12.2. The van der Waals surface area contributed by atoms with E-state index in [-0.39, 0.29) is 17.8 Å². The standard InChI is InChI=1S/C19H24FN3O2/c1-2-19(24)21-14-17(18-4-3-13-25-18)23-11-9-22(10-12-23)16-7-5-15(20)6-8-16/h3-8,13,17H,2,9-12,14H2,1H3,(H,21,24). The minimum absolute atomic E-state index is 0.0286. The van der Waals surface area contributed by atoms with Gasteiger partial charge in [0, 0.05) is 44.8 Å². The van der Waals surface area contributed by atoms with Gasteiger partial charge in [-0.3, -0.25) is 9.69 Å². The molecule has 1 atom stereocenters. The van der Waals surface area contributed by atoms with Crippen molar-refractivity contribution in [2.45, 2.75) is 19.4 Å². The van der Waals surface area contributed by atoms with E-state index in [0.717, 1.165) is 37.6 Å². The maximum atomic E-state index is 13.1. The van der Waals surface area contributed by atoms with Crippen LogP contribution in [0.5, 0.6) is 0 Å². The monoisotopic (exact) mass is 345 g/mol. The topological polar surface area (TPSA) is 48.7 Å². The summed E-state index contributed by atoms with van der Waals surface area (Å²) in [4.78, 5) is 16.2. The zero-order valence-corrected chi connectivity index (χ0v) is 14.5. The van der Waals surface area contributed by atoms with E-state index in [4.69, 9.17) is 4.42 Å². The van der Waals surface area contributed by atoms with Gasteiger partial charge in [-0.15, -0.1) is 0 Å². The summed E-state index contributed by atoms with van der Waals surface area (Å²) < 4.78 is 18.7. The summed E-state index contributed by atoms with van der Waals surface area (Å²) >= 11 is 0. The normalized spacial score (nSPS) is 16.6. The fraction of sp³-hybridized carbons (Fsp3) is 0.421. The molecule has 0 spiro atoms. The first-order valence-corrected chi connectivity index (χ1v) is 8.72. The maximum Gasteiger partial charge on any atom is 0.219 e. The Morgan fingerprint density at radius 1 is 1.20 bits per heavy atom. The SMILES string of the molecule is CCC(=O)NCC(c1ccco1)N1CCN(c2ccc(F)cc2)CC1. The predicted molar refractivity (Wildman–Crippen MR) is 94.9 cm³/mol. The third-order valence-electron chi connectivity index (χ3n) is 4.63. The van der Waals surface area contributed by atoms with Crippen LogP contribution in [-0.4, -0.2) is 43.5 Å². The number of anilines is 1. The Morgan fingerprint density at radius 3 is 2.52 bits per heavy atom. The summed E-state index contributed by atoms with van der Waals surface area (Å²) in [6, 6.07) is 10.5. The molecule has 2 heterocycles. The molecule has 1 amide bonds. The van der Waals surface area contributed by atoms with E-state index in [1.165, 1.54) is 12.1 Å². The van der Waals surface area contributed by atoms with Crippen molar-refractivity contribution in [1.29, 1.82) is 0 Å². The summed E-state index contributed by atoms with van der Waals surface area (Å²) in [5, 5.41) is 2.97. The van der Waals surface area contributed by atoms with Crippen LogP contribution in [0.25, 0.3) is 0 Å². The molecule has 25 heavy (non-hydrogen) atoms. The van der Waals surface area contributed by atoms with E-state index in [0.29, 0.717) is 13.0 Å². The van der Waals surface area contributed by atoms with E-state index >= 15 is 0 Å². The summed E-state index contributed by atoms with van der Waals surface area (Å²) in [5.41, 5.74) is 1.04. The third-order valence-corrected chi connectivity index (χ3v) is 4.63. The smallest absolute Gasteiger partial charge is 0.219 e. The van der Waals surface area contributed by atoms with Gasteiger partial charge in [-0.25, -0.2) is 4.39 Å². The van der Waals surface area contributed by atoms with Crippen molar-refractivity contribution in [3.8, 4) is 0 Å². The zero-order valence-electron chi connectivity index (χ0n) is 14.5. The Kier molecular flexibility index (Phi) is 5.71. The highest BCUT2D eigenvalue weighted by Gasteiger charge is 2.27. The minimum Gasteiger partial charge on any atom is -0.468 e. The minimum atomic E-state index is -0.216. The number of rotatable bonds is 6. The highest BCUT2D eigenvalue weighted by Crippen LogP contribution is 2.24. The lowest BCUT2D eigenvalue weighted by Crippen LogP contribution is -2.49. The van der Waals surface area contributed by atoms with Crippen LogP contribution >= 0.6 is 0 Å².